The zero-order valence-corrected chi connectivity index (χ0v) is 18.7. The van der Waals surface area contributed by atoms with Crippen molar-refractivity contribution >= 4 is 11.6 Å². The number of piperidine rings is 1. The molecule has 2 aromatic heterocycles. The molecule has 1 aliphatic heterocycles. The Balaban J connectivity index is 1.53. The minimum absolute atomic E-state index is 0.0320. The van der Waals surface area contributed by atoms with E-state index in [2.05, 4.69) is 16.1 Å². The molecule has 1 unspecified atom stereocenters. The number of aryl methyl sites for hydroxylation is 3. The lowest BCUT2D eigenvalue weighted by atomic mass is 9.95. The molecular formula is C24H30N4O3. The minimum atomic E-state index is 0.0320. The van der Waals surface area contributed by atoms with E-state index >= 15 is 0 Å². The molecular weight excluding hydrogens is 392 g/mol. The number of benzene rings is 1. The van der Waals surface area contributed by atoms with E-state index < -0.39 is 0 Å². The average molecular weight is 423 g/mol. The SMILES string of the molecule is COc1ccc(CCC2CCCCN2C(=O)c2cnn3c(C)cc(C)nc23)cc1OC. The molecule has 0 N–H and O–H groups in total. The van der Waals surface area contributed by atoms with Crippen LogP contribution in [0.3, 0.4) is 0 Å². The molecule has 7 nitrogen and oxygen atoms in total. The van der Waals surface area contributed by atoms with Gasteiger partial charge in [0.15, 0.2) is 17.1 Å². The maximum Gasteiger partial charge on any atom is 0.259 e. The Hall–Kier alpha value is -3.09. The van der Waals surface area contributed by atoms with Crippen LogP contribution in [0.2, 0.25) is 0 Å². The molecule has 1 saturated heterocycles. The molecule has 1 aromatic carbocycles. The molecule has 0 saturated carbocycles. The van der Waals surface area contributed by atoms with Gasteiger partial charge in [-0.05, 0) is 69.7 Å². The first-order valence-electron chi connectivity index (χ1n) is 10.9. The summed E-state index contributed by atoms with van der Waals surface area (Å²) in [5.41, 5.74) is 4.28. The maximum absolute atomic E-state index is 13.5. The van der Waals surface area contributed by atoms with Crippen molar-refractivity contribution in [3.8, 4) is 11.5 Å². The van der Waals surface area contributed by atoms with Gasteiger partial charge in [-0.25, -0.2) is 9.50 Å². The van der Waals surface area contributed by atoms with Gasteiger partial charge in [-0.15, -0.1) is 0 Å². The molecule has 0 spiro atoms. The molecule has 164 valence electrons. The van der Waals surface area contributed by atoms with Gasteiger partial charge in [-0.2, -0.15) is 5.10 Å². The van der Waals surface area contributed by atoms with Crippen molar-refractivity contribution in [2.75, 3.05) is 20.8 Å². The van der Waals surface area contributed by atoms with Gasteiger partial charge in [-0.3, -0.25) is 4.79 Å². The highest BCUT2D eigenvalue weighted by Gasteiger charge is 2.29. The highest BCUT2D eigenvalue weighted by Crippen LogP contribution is 2.30. The van der Waals surface area contributed by atoms with Crippen molar-refractivity contribution in [3.05, 3.63) is 53.0 Å². The van der Waals surface area contributed by atoms with Crippen LogP contribution in [0.1, 0.15) is 53.0 Å². The Morgan fingerprint density at radius 1 is 1.13 bits per heavy atom. The highest BCUT2D eigenvalue weighted by atomic mass is 16.5. The first-order chi connectivity index (χ1) is 15.0. The minimum Gasteiger partial charge on any atom is -0.493 e. The molecule has 0 radical (unpaired) electrons. The molecule has 1 amide bonds. The summed E-state index contributed by atoms with van der Waals surface area (Å²) in [5.74, 6) is 1.50. The highest BCUT2D eigenvalue weighted by molar-refractivity contribution is 5.99. The molecule has 7 heteroatoms. The number of rotatable bonds is 6. The fourth-order valence-corrected chi connectivity index (χ4v) is 4.51. The predicted octanol–water partition coefficient (Wildman–Crippen LogP) is 3.99. The van der Waals surface area contributed by atoms with Gasteiger partial charge in [0.1, 0.15) is 5.56 Å². The van der Waals surface area contributed by atoms with Gasteiger partial charge >= 0.3 is 0 Å². The van der Waals surface area contributed by atoms with Crippen LogP contribution in [0.4, 0.5) is 0 Å². The van der Waals surface area contributed by atoms with Gasteiger partial charge in [0.05, 0.1) is 20.4 Å². The molecule has 4 rings (SSSR count). The summed E-state index contributed by atoms with van der Waals surface area (Å²) in [6, 6.07) is 8.20. The van der Waals surface area contributed by atoms with Gasteiger partial charge in [-0.1, -0.05) is 6.07 Å². The monoisotopic (exact) mass is 422 g/mol. The Morgan fingerprint density at radius 3 is 2.71 bits per heavy atom. The van der Waals surface area contributed by atoms with Gasteiger partial charge in [0, 0.05) is 24.0 Å². The number of nitrogens with zero attached hydrogens (tertiary/aromatic N) is 4. The summed E-state index contributed by atoms with van der Waals surface area (Å²) < 4.78 is 12.5. The second kappa shape index (κ2) is 8.96. The fourth-order valence-electron chi connectivity index (χ4n) is 4.51. The largest absolute Gasteiger partial charge is 0.493 e. The van der Waals surface area contributed by atoms with Crippen molar-refractivity contribution < 1.29 is 14.3 Å². The Morgan fingerprint density at radius 2 is 1.94 bits per heavy atom. The molecule has 3 aromatic rings. The van der Waals surface area contributed by atoms with E-state index in [9.17, 15) is 4.79 Å². The molecule has 1 atom stereocenters. The van der Waals surface area contributed by atoms with Crippen molar-refractivity contribution in [3.63, 3.8) is 0 Å². The molecule has 31 heavy (non-hydrogen) atoms. The quantitative estimate of drug-likeness (QED) is 0.601. The Kier molecular flexibility index (Phi) is 6.11. The summed E-state index contributed by atoms with van der Waals surface area (Å²) in [7, 11) is 3.29. The number of methoxy groups -OCH3 is 2. The zero-order chi connectivity index (χ0) is 22.0. The lowest BCUT2D eigenvalue weighted by Gasteiger charge is -2.35. The summed E-state index contributed by atoms with van der Waals surface area (Å²) in [6.45, 7) is 4.70. The van der Waals surface area contributed by atoms with Crippen molar-refractivity contribution in [1.82, 2.24) is 19.5 Å². The van der Waals surface area contributed by atoms with Crippen molar-refractivity contribution in [2.24, 2.45) is 0 Å². The number of likely N-dealkylation sites (tertiary alicyclic amines) is 1. The third-order valence-electron chi connectivity index (χ3n) is 6.11. The van der Waals surface area contributed by atoms with Crippen LogP contribution in [-0.4, -0.2) is 52.2 Å². The van der Waals surface area contributed by atoms with Crippen LogP contribution in [-0.2, 0) is 6.42 Å². The summed E-state index contributed by atoms with van der Waals surface area (Å²) in [6.07, 6.45) is 6.64. The number of carbonyl (C=O) groups is 1. The van der Waals surface area contributed by atoms with Crippen LogP contribution < -0.4 is 9.47 Å². The number of amides is 1. The van der Waals surface area contributed by atoms with E-state index in [1.165, 1.54) is 5.56 Å². The third kappa shape index (κ3) is 4.22. The van der Waals surface area contributed by atoms with Crippen LogP contribution in [0.5, 0.6) is 11.5 Å². The lowest BCUT2D eigenvalue weighted by Crippen LogP contribution is -2.44. The summed E-state index contributed by atoms with van der Waals surface area (Å²) in [5, 5.41) is 4.41. The Labute approximate surface area is 183 Å². The third-order valence-corrected chi connectivity index (χ3v) is 6.11. The smallest absolute Gasteiger partial charge is 0.259 e. The van der Waals surface area contributed by atoms with Crippen LogP contribution in [0.15, 0.2) is 30.5 Å². The molecule has 1 fully saturated rings. The topological polar surface area (TPSA) is 69.0 Å². The summed E-state index contributed by atoms with van der Waals surface area (Å²) in [4.78, 5) is 20.1. The number of hydrogen-bond acceptors (Lipinski definition) is 5. The maximum atomic E-state index is 13.5. The first-order valence-corrected chi connectivity index (χ1v) is 10.9. The van der Waals surface area contributed by atoms with Gasteiger partial charge in [0.2, 0.25) is 0 Å². The zero-order valence-electron chi connectivity index (χ0n) is 18.7. The van der Waals surface area contributed by atoms with E-state index in [1.54, 1.807) is 24.9 Å². The van der Waals surface area contributed by atoms with Crippen molar-refractivity contribution in [1.29, 1.82) is 0 Å². The van der Waals surface area contributed by atoms with E-state index in [0.29, 0.717) is 11.2 Å². The van der Waals surface area contributed by atoms with E-state index in [4.69, 9.17) is 9.47 Å². The standard InChI is InChI=1S/C24H30N4O3/c1-16-13-17(2)28-23(26-16)20(15-25-28)24(29)27-12-6-5-7-19(27)10-8-18-9-11-21(30-3)22(14-18)31-4/h9,11,13-15,19H,5-8,10,12H2,1-4H3. The first kappa shape index (κ1) is 21.2. The lowest BCUT2D eigenvalue weighted by molar-refractivity contribution is 0.0603. The van der Waals surface area contributed by atoms with E-state index in [1.807, 2.05) is 36.9 Å². The molecule has 3 heterocycles. The molecule has 1 aliphatic rings. The molecule has 0 aliphatic carbocycles. The second-order valence-corrected chi connectivity index (χ2v) is 8.21. The van der Waals surface area contributed by atoms with Crippen LogP contribution in [0.25, 0.3) is 5.65 Å². The number of aromatic nitrogens is 3. The summed E-state index contributed by atoms with van der Waals surface area (Å²) >= 11 is 0. The van der Waals surface area contributed by atoms with Crippen molar-refractivity contribution in [2.45, 2.75) is 52.0 Å². The number of fused-ring (bicyclic) bond motifs is 1. The van der Waals surface area contributed by atoms with Crippen LogP contribution in [0, 0.1) is 13.8 Å². The number of carbonyl (C=O) groups excluding carboxylic acids is 1. The van der Waals surface area contributed by atoms with Gasteiger partial charge < -0.3 is 14.4 Å². The molecule has 0 bridgehead atoms. The second-order valence-electron chi connectivity index (χ2n) is 8.21. The number of hydrogen-bond donors (Lipinski definition) is 0. The Bertz CT molecular complexity index is 1090. The van der Waals surface area contributed by atoms with Gasteiger partial charge in [0.25, 0.3) is 5.91 Å². The number of ether oxygens (including phenoxy) is 2. The predicted molar refractivity (Wildman–Crippen MR) is 119 cm³/mol. The van der Waals surface area contributed by atoms with Crippen LogP contribution >= 0.6 is 0 Å². The normalized spacial score (nSPS) is 16.5. The average Bonchev–Trinajstić information content (AvgIpc) is 3.21. The van der Waals surface area contributed by atoms with E-state index in [-0.39, 0.29) is 11.9 Å². The fraction of sp³-hybridized carbons (Fsp3) is 0.458. The van der Waals surface area contributed by atoms with E-state index in [0.717, 1.165) is 61.5 Å².